The Labute approximate surface area is 224 Å². The molecule has 0 saturated carbocycles. The van der Waals surface area contributed by atoms with E-state index in [1.807, 2.05) is 48.5 Å². The van der Waals surface area contributed by atoms with Gasteiger partial charge in [-0.2, -0.15) is 0 Å². The Bertz CT molecular complexity index is 1210. The Morgan fingerprint density at radius 1 is 0.895 bits per heavy atom. The summed E-state index contributed by atoms with van der Waals surface area (Å²) in [6.45, 7) is 5.18. The van der Waals surface area contributed by atoms with E-state index >= 15 is 0 Å². The Balaban J connectivity index is 1.23. The zero-order valence-electron chi connectivity index (χ0n) is 21.9. The standard InChI is InChI=1S/C30H36N4O4/c1-37-29-13-6-5-11-26(29)34-19-17-33(18-20-34)16-8-7-12-27(35)24-14-15-28(25(21-24)32-30(31)36)38-22-23-9-3-2-4-10-23/h2-6,9-11,13-15,21H,7-8,12,16-20,22H2,1H3,(H3,31,32,36). The van der Waals surface area contributed by atoms with Crippen LogP contribution in [0.15, 0.2) is 72.8 Å². The SMILES string of the molecule is COc1ccccc1N1CCN(CCCCC(=O)c2ccc(OCc3ccccc3)c(NC(N)=O)c2)CC1. The number of hydrogen-bond donors (Lipinski definition) is 2. The molecule has 4 rings (SSSR count). The van der Waals surface area contributed by atoms with Crippen molar-refractivity contribution >= 4 is 23.2 Å². The lowest BCUT2D eigenvalue weighted by Gasteiger charge is -2.36. The van der Waals surface area contributed by atoms with Gasteiger partial charge in [-0.25, -0.2) is 4.79 Å². The number of carbonyl (C=O) groups is 2. The number of nitrogens with two attached hydrogens (primary N) is 1. The average Bonchev–Trinajstić information content (AvgIpc) is 2.95. The van der Waals surface area contributed by atoms with Crippen LogP contribution in [0.25, 0.3) is 0 Å². The van der Waals surface area contributed by atoms with E-state index in [1.54, 1.807) is 25.3 Å². The maximum Gasteiger partial charge on any atom is 0.316 e. The van der Waals surface area contributed by atoms with Crippen molar-refractivity contribution in [3.05, 3.63) is 83.9 Å². The fourth-order valence-corrected chi connectivity index (χ4v) is 4.66. The predicted octanol–water partition coefficient (Wildman–Crippen LogP) is 4.94. The molecule has 3 aromatic carbocycles. The van der Waals surface area contributed by atoms with E-state index in [4.69, 9.17) is 15.2 Å². The monoisotopic (exact) mass is 516 g/mol. The summed E-state index contributed by atoms with van der Waals surface area (Å²) in [7, 11) is 1.71. The van der Waals surface area contributed by atoms with Gasteiger partial charge in [-0.1, -0.05) is 42.5 Å². The highest BCUT2D eigenvalue weighted by Gasteiger charge is 2.19. The molecular weight excluding hydrogens is 480 g/mol. The van der Waals surface area contributed by atoms with Gasteiger partial charge in [0.15, 0.2) is 5.78 Å². The van der Waals surface area contributed by atoms with Crippen molar-refractivity contribution in [2.24, 2.45) is 5.73 Å². The Kier molecular flexibility index (Phi) is 9.59. The number of Topliss-reactive ketones (excluding diaryl/α,β-unsaturated/α-hetero) is 1. The van der Waals surface area contributed by atoms with Crippen LogP contribution >= 0.6 is 0 Å². The molecule has 1 aliphatic heterocycles. The largest absolute Gasteiger partial charge is 0.495 e. The zero-order chi connectivity index (χ0) is 26.7. The fourth-order valence-electron chi connectivity index (χ4n) is 4.66. The molecule has 1 aliphatic rings. The molecule has 2 amide bonds. The van der Waals surface area contributed by atoms with Crippen LogP contribution in [0.2, 0.25) is 0 Å². The second kappa shape index (κ2) is 13.5. The molecule has 0 spiro atoms. The summed E-state index contributed by atoms with van der Waals surface area (Å²) >= 11 is 0. The van der Waals surface area contributed by atoms with E-state index in [1.165, 1.54) is 0 Å². The van der Waals surface area contributed by atoms with E-state index in [0.29, 0.717) is 30.0 Å². The molecule has 1 fully saturated rings. The first-order chi connectivity index (χ1) is 18.5. The number of ketones is 1. The molecule has 0 bridgehead atoms. The van der Waals surface area contributed by atoms with Gasteiger partial charge in [0, 0.05) is 38.2 Å². The normalized spacial score (nSPS) is 13.7. The van der Waals surface area contributed by atoms with Gasteiger partial charge in [-0.3, -0.25) is 9.69 Å². The maximum atomic E-state index is 12.9. The first kappa shape index (κ1) is 27.0. The van der Waals surface area contributed by atoms with Crippen molar-refractivity contribution in [1.82, 2.24) is 4.90 Å². The topological polar surface area (TPSA) is 97.1 Å². The van der Waals surface area contributed by atoms with E-state index in [-0.39, 0.29) is 5.78 Å². The lowest BCUT2D eigenvalue weighted by Crippen LogP contribution is -2.46. The molecule has 1 heterocycles. The van der Waals surface area contributed by atoms with Gasteiger partial charge >= 0.3 is 6.03 Å². The summed E-state index contributed by atoms with van der Waals surface area (Å²) in [5.74, 6) is 1.41. The highest BCUT2D eigenvalue weighted by molar-refractivity contribution is 5.99. The third kappa shape index (κ3) is 7.49. The molecule has 38 heavy (non-hydrogen) atoms. The van der Waals surface area contributed by atoms with Crippen molar-refractivity contribution in [3.8, 4) is 11.5 Å². The highest BCUT2D eigenvalue weighted by atomic mass is 16.5. The zero-order valence-corrected chi connectivity index (χ0v) is 21.9. The molecule has 8 heteroatoms. The second-order valence-electron chi connectivity index (χ2n) is 9.36. The number of amides is 2. The number of nitrogens with one attached hydrogen (secondary N) is 1. The number of anilines is 2. The number of methoxy groups -OCH3 is 1. The van der Waals surface area contributed by atoms with Crippen molar-refractivity contribution < 1.29 is 19.1 Å². The quantitative estimate of drug-likeness (QED) is 0.261. The van der Waals surface area contributed by atoms with Gasteiger partial charge in [0.2, 0.25) is 0 Å². The summed E-state index contributed by atoms with van der Waals surface area (Å²) in [6, 6.07) is 22.2. The minimum atomic E-state index is -0.704. The molecule has 0 unspecified atom stereocenters. The molecule has 0 radical (unpaired) electrons. The molecule has 3 aromatic rings. The molecule has 0 aliphatic carbocycles. The smallest absolute Gasteiger partial charge is 0.316 e. The van der Waals surface area contributed by atoms with Crippen LogP contribution in [0.5, 0.6) is 11.5 Å². The number of hydrogen-bond acceptors (Lipinski definition) is 6. The highest BCUT2D eigenvalue weighted by Crippen LogP contribution is 2.29. The average molecular weight is 517 g/mol. The van der Waals surface area contributed by atoms with Crippen LogP contribution < -0.4 is 25.4 Å². The minimum absolute atomic E-state index is 0.0353. The van der Waals surface area contributed by atoms with Gasteiger partial charge in [0.25, 0.3) is 0 Å². The summed E-state index contributed by atoms with van der Waals surface area (Å²) in [6.07, 6.45) is 2.20. The third-order valence-electron chi connectivity index (χ3n) is 6.72. The van der Waals surface area contributed by atoms with Crippen molar-refractivity contribution in [1.29, 1.82) is 0 Å². The fraction of sp³-hybridized carbons (Fsp3) is 0.333. The number of primary amides is 1. The van der Waals surface area contributed by atoms with Crippen LogP contribution in [0.3, 0.4) is 0 Å². The number of benzene rings is 3. The number of rotatable bonds is 12. The minimum Gasteiger partial charge on any atom is -0.495 e. The summed E-state index contributed by atoms with van der Waals surface area (Å²) < 4.78 is 11.4. The van der Waals surface area contributed by atoms with Crippen LogP contribution in [0.1, 0.15) is 35.2 Å². The third-order valence-corrected chi connectivity index (χ3v) is 6.72. The molecule has 8 nitrogen and oxygen atoms in total. The summed E-state index contributed by atoms with van der Waals surface area (Å²) in [5, 5.41) is 2.58. The summed E-state index contributed by atoms with van der Waals surface area (Å²) in [4.78, 5) is 29.2. The molecular formula is C30H36N4O4. The maximum absolute atomic E-state index is 12.9. The predicted molar refractivity (Wildman–Crippen MR) is 150 cm³/mol. The van der Waals surface area contributed by atoms with Crippen LogP contribution in [-0.4, -0.2) is 56.5 Å². The first-order valence-corrected chi connectivity index (χ1v) is 13.0. The van der Waals surface area contributed by atoms with E-state index in [9.17, 15) is 9.59 Å². The van der Waals surface area contributed by atoms with Crippen molar-refractivity contribution in [2.75, 3.05) is 50.1 Å². The Hall–Kier alpha value is -4.04. The van der Waals surface area contributed by atoms with E-state index < -0.39 is 6.03 Å². The number of para-hydroxylation sites is 2. The van der Waals surface area contributed by atoms with Crippen molar-refractivity contribution in [3.63, 3.8) is 0 Å². The van der Waals surface area contributed by atoms with Gasteiger partial charge in [-0.15, -0.1) is 0 Å². The van der Waals surface area contributed by atoms with Crippen LogP contribution in [0, 0.1) is 0 Å². The molecule has 0 atom stereocenters. The number of nitrogens with zero attached hydrogens (tertiary/aromatic N) is 2. The van der Waals surface area contributed by atoms with Gasteiger partial charge in [0.05, 0.1) is 18.5 Å². The number of urea groups is 1. The molecule has 200 valence electrons. The molecule has 1 saturated heterocycles. The lowest BCUT2D eigenvalue weighted by atomic mass is 10.0. The lowest BCUT2D eigenvalue weighted by molar-refractivity contribution is 0.0977. The summed E-state index contributed by atoms with van der Waals surface area (Å²) in [5.41, 5.74) is 8.42. The second-order valence-corrected chi connectivity index (χ2v) is 9.36. The van der Waals surface area contributed by atoms with Gasteiger partial charge in [-0.05, 0) is 55.3 Å². The first-order valence-electron chi connectivity index (χ1n) is 13.0. The number of unbranched alkanes of at least 4 members (excludes halogenated alkanes) is 1. The number of ether oxygens (including phenoxy) is 2. The van der Waals surface area contributed by atoms with Gasteiger partial charge < -0.3 is 25.4 Å². The molecule has 3 N–H and O–H groups in total. The van der Waals surface area contributed by atoms with Crippen molar-refractivity contribution in [2.45, 2.75) is 25.9 Å². The number of piperazine rings is 1. The number of carbonyl (C=O) groups excluding carboxylic acids is 2. The molecule has 0 aromatic heterocycles. The van der Waals surface area contributed by atoms with E-state index in [0.717, 1.165) is 62.6 Å². The Morgan fingerprint density at radius 3 is 2.37 bits per heavy atom. The van der Waals surface area contributed by atoms with Gasteiger partial charge in [0.1, 0.15) is 18.1 Å². The van der Waals surface area contributed by atoms with E-state index in [2.05, 4.69) is 21.2 Å². The van der Waals surface area contributed by atoms with Crippen LogP contribution in [-0.2, 0) is 6.61 Å². The van der Waals surface area contributed by atoms with Crippen LogP contribution in [0.4, 0.5) is 16.2 Å². The Morgan fingerprint density at radius 2 is 1.63 bits per heavy atom.